The van der Waals surface area contributed by atoms with Crippen molar-refractivity contribution in [2.24, 2.45) is 0 Å². The van der Waals surface area contributed by atoms with Crippen molar-refractivity contribution in [3.05, 3.63) is 18.2 Å². The van der Waals surface area contributed by atoms with Gasteiger partial charge in [0.15, 0.2) is 0 Å². The first kappa shape index (κ1) is 21.4. The molecule has 1 aromatic rings. The SMILES string of the molecule is COc1cc(NCC(=O)NCC(F)(F)F)ccc1NC(=O)OC(C)(C)C. The fourth-order valence-electron chi connectivity index (χ4n) is 1.76. The molecular weight excluding hydrogens is 355 g/mol. The third kappa shape index (κ3) is 8.45. The van der Waals surface area contributed by atoms with Crippen molar-refractivity contribution in [2.75, 3.05) is 30.8 Å². The van der Waals surface area contributed by atoms with Gasteiger partial charge in [-0.3, -0.25) is 10.1 Å². The number of anilines is 2. The van der Waals surface area contributed by atoms with Gasteiger partial charge in [-0.25, -0.2) is 4.79 Å². The number of rotatable bonds is 6. The van der Waals surface area contributed by atoms with Crippen molar-refractivity contribution < 1.29 is 32.2 Å². The molecule has 0 aromatic heterocycles. The van der Waals surface area contributed by atoms with E-state index < -0.39 is 30.3 Å². The molecule has 0 aliphatic heterocycles. The van der Waals surface area contributed by atoms with Crippen LogP contribution in [0.2, 0.25) is 0 Å². The Balaban J connectivity index is 2.65. The van der Waals surface area contributed by atoms with E-state index >= 15 is 0 Å². The van der Waals surface area contributed by atoms with Gasteiger partial charge in [-0.05, 0) is 32.9 Å². The lowest BCUT2D eigenvalue weighted by Crippen LogP contribution is -2.37. The van der Waals surface area contributed by atoms with Crippen molar-refractivity contribution in [3.8, 4) is 5.75 Å². The fraction of sp³-hybridized carbons (Fsp3) is 0.500. The quantitative estimate of drug-likeness (QED) is 0.709. The summed E-state index contributed by atoms with van der Waals surface area (Å²) in [5.41, 5.74) is 0.107. The summed E-state index contributed by atoms with van der Waals surface area (Å²) in [5.74, 6) is -0.520. The normalized spacial score (nSPS) is 11.5. The largest absolute Gasteiger partial charge is 0.494 e. The number of nitrogens with one attached hydrogen (secondary N) is 3. The molecule has 0 fully saturated rings. The molecule has 7 nitrogen and oxygen atoms in total. The molecule has 1 rings (SSSR count). The molecule has 0 aliphatic carbocycles. The number of carbonyl (C=O) groups is 2. The number of alkyl halides is 3. The van der Waals surface area contributed by atoms with Crippen molar-refractivity contribution in [1.82, 2.24) is 5.32 Å². The number of hydrogen-bond acceptors (Lipinski definition) is 5. The number of methoxy groups -OCH3 is 1. The maximum absolute atomic E-state index is 12.0. The van der Waals surface area contributed by atoms with Gasteiger partial charge in [-0.2, -0.15) is 13.2 Å². The third-order valence-corrected chi connectivity index (χ3v) is 2.78. The van der Waals surface area contributed by atoms with E-state index in [2.05, 4.69) is 10.6 Å². The Kier molecular flexibility index (Phi) is 7.10. The Hall–Kier alpha value is -2.65. The van der Waals surface area contributed by atoms with Crippen molar-refractivity contribution in [1.29, 1.82) is 0 Å². The van der Waals surface area contributed by atoms with Gasteiger partial charge in [-0.1, -0.05) is 0 Å². The molecule has 2 amide bonds. The Morgan fingerprint density at radius 1 is 1.15 bits per heavy atom. The fourth-order valence-corrected chi connectivity index (χ4v) is 1.76. The molecule has 0 atom stereocenters. The van der Waals surface area contributed by atoms with Crippen LogP contribution in [0.4, 0.5) is 29.3 Å². The summed E-state index contributed by atoms with van der Waals surface area (Å²) >= 11 is 0. The van der Waals surface area contributed by atoms with Gasteiger partial charge in [0, 0.05) is 11.8 Å². The second-order valence-corrected chi connectivity index (χ2v) is 6.29. The highest BCUT2D eigenvalue weighted by Gasteiger charge is 2.27. The van der Waals surface area contributed by atoms with Gasteiger partial charge in [0.1, 0.15) is 17.9 Å². The zero-order valence-corrected chi connectivity index (χ0v) is 14.9. The average Bonchev–Trinajstić information content (AvgIpc) is 2.49. The molecule has 0 saturated carbocycles. The van der Waals surface area contributed by atoms with E-state index in [0.29, 0.717) is 11.4 Å². The third-order valence-electron chi connectivity index (χ3n) is 2.78. The Morgan fingerprint density at radius 3 is 2.35 bits per heavy atom. The topological polar surface area (TPSA) is 88.7 Å². The summed E-state index contributed by atoms with van der Waals surface area (Å²) in [6, 6.07) is 4.54. The molecule has 0 radical (unpaired) electrons. The van der Waals surface area contributed by atoms with Crippen LogP contribution in [0.1, 0.15) is 20.8 Å². The highest BCUT2D eigenvalue weighted by Crippen LogP contribution is 2.28. The first-order valence-electron chi connectivity index (χ1n) is 7.65. The molecule has 0 saturated heterocycles. The molecule has 1 aromatic carbocycles. The van der Waals surface area contributed by atoms with Crippen LogP contribution < -0.4 is 20.7 Å². The van der Waals surface area contributed by atoms with Gasteiger partial charge < -0.3 is 20.1 Å². The van der Waals surface area contributed by atoms with E-state index in [4.69, 9.17) is 9.47 Å². The monoisotopic (exact) mass is 377 g/mol. The van der Waals surface area contributed by atoms with Crippen LogP contribution in [0.25, 0.3) is 0 Å². The van der Waals surface area contributed by atoms with Crippen LogP contribution in [-0.4, -0.2) is 44.0 Å². The van der Waals surface area contributed by atoms with Crippen LogP contribution in [0.3, 0.4) is 0 Å². The van der Waals surface area contributed by atoms with E-state index in [0.717, 1.165) is 0 Å². The lowest BCUT2D eigenvalue weighted by atomic mass is 10.2. The van der Waals surface area contributed by atoms with E-state index in [1.165, 1.54) is 25.3 Å². The minimum atomic E-state index is -4.46. The minimum Gasteiger partial charge on any atom is -0.494 e. The minimum absolute atomic E-state index is 0.288. The van der Waals surface area contributed by atoms with Crippen molar-refractivity contribution in [2.45, 2.75) is 32.5 Å². The Labute approximate surface area is 149 Å². The molecule has 0 heterocycles. The standard InChI is InChI=1S/C16H22F3N3O4/c1-15(2,3)26-14(24)22-11-6-5-10(7-12(11)25-4)20-8-13(23)21-9-16(17,18)19/h5-7,20H,8-9H2,1-4H3,(H,21,23)(H,22,24). The zero-order valence-electron chi connectivity index (χ0n) is 14.9. The molecule has 10 heteroatoms. The molecule has 0 aliphatic rings. The Morgan fingerprint density at radius 2 is 1.81 bits per heavy atom. The van der Waals surface area contributed by atoms with Crippen LogP contribution in [-0.2, 0) is 9.53 Å². The predicted octanol–water partition coefficient (Wildman–Crippen LogP) is 3.13. The van der Waals surface area contributed by atoms with Crippen molar-refractivity contribution >= 4 is 23.4 Å². The van der Waals surface area contributed by atoms with Gasteiger partial charge >= 0.3 is 12.3 Å². The molecule has 0 unspecified atom stereocenters. The van der Waals surface area contributed by atoms with Crippen LogP contribution in [0, 0.1) is 0 Å². The van der Waals surface area contributed by atoms with E-state index in [9.17, 15) is 22.8 Å². The second kappa shape index (κ2) is 8.63. The van der Waals surface area contributed by atoms with Crippen LogP contribution in [0.15, 0.2) is 18.2 Å². The summed E-state index contributed by atoms with van der Waals surface area (Å²) in [7, 11) is 1.38. The summed E-state index contributed by atoms with van der Waals surface area (Å²) in [6.07, 6.45) is -5.13. The second-order valence-electron chi connectivity index (χ2n) is 6.29. The first-order chi connectivity index (χ1) is 11.9. The summed E-state index contributed by atoms with van der Waals surface area (Å²) in [6.45, 7) is 3.43. The van der Waals surface area contributed by atoms with Crippen molar-refractivity contribution in [3.63, 3.8) is 0 Å². The van der Waals surface area contributed by atoms with E-state index in [-0.39, 0.29) is 12.3 Å². The van der Waals surface area contributed by atoms with Gasteiger partial charge in [0.25, 0.3) is 0 Å². The van der Waals surface area contributed by atoms with E-state index in [1.807, 2.05) is 0 Å². The predicted molar refractivity (Wildman–Crippen MR) is 90.4 cm³/mol. The Bertz CT molecular complexity index is 643. The maximum atomic E-state index is 12.0. The highest BCUT2D eigenvalue weighted by atomic mass is 19.4. The number of amides is 2. The van der Waals surface area contributed by atoms with Gasteiger partial charge in [0.05, 0.1) is 19.3 Å². The number of hydrogen-bond donors (Lipinski definition) is 3. The number of ether oxygens (including phenoxy) is 2. The molecular formula is C16H22F3N3O4. The lowest BCUT2D eigenvalue weighted by molar-refractivity contribution is -0.137. The van der Waals surface area contributed by atoms with Gasteiger partial charge in [0.2, 0.25) is 5.91 Å². The maximum Gasteiger partial charge on any atom is 0.412 e. The lowest BCUT2D eigenvalue weighted by Gasteiger charge is -2.20. The summed E-state index contributed by atoms with van der Waals surface area (Å²) in [4.78, 5) is 23.2. The number of benzene rings is 1. The van der Waals surface area contributed by atoms with Crippen LogP contribution >= 0.6 is 0 Å². The molecule has 0 bridgehead atoms. The summed E-state index contributed by atoms with van der Waals surface area (Å²) < 4.78 is 46.4. The summed E-state index contributed by atoms with van der Waals surface area (Å²) in [5, 5.41) is 6.95. The highest BCUT2D eigenvalue weighted by molar-refractivity contribution is 5.88. The molecule has 3 N–H and O–H groups in total. The average molecular weight is 377 g/mol. The van der Waals surface area contributed by atoms with Gasteiger partial charge in [-0.15, -0.1) is 0 Å². The number of halogens is 3. The molecule has 26 heavy (non-hydrogen) atoms. The molecule has 0 spiro atoms. The van der Waals surface area contributed by atoms with E-state index in [1.54, 1.807) is 26.1 Å². The van der Waals surface area contributed by atoms with Crippen LogP contribution in [0.5, 0.6) is 5.75 Å². The first-order valence-corrected chi connectivity index (χ1v) is 7.65. The zero-order chi connectivity index (χ0) is 20.0. The number of carbonyl (C=O) groups excluding carboxylic acids is 2. The molecule has 146 valence electrons. The smallest absolute Gasteiger partial charge is 0.412 e.